The van der Waals surface area contributed by atoms with Crippen LogP contribution in [0.1, 0.15) is 0 Å². The fourth-order valence-corrected chi connectivity index (χ4v) is 3.68. The van der Waals surface area contributed by atoms with Crippen molar-refractivity contribution in [1.29, 1.82) is 0 Å². The summed E-state index contributed by atoms with van der Waals surface area (Å²) in [6.07, 6.45) is -0.370. The smallest absolute Gasteiger partial charge is 0.132 e. The highest BCUT2D eigenvalue weighted by Crippen LogP contribution is 2.37. The molecule has 0 aliphatic carbocycles. The summed E-state index contributed by atoms with van der Waals surface area (Å²) in [6.45, 7) is 0.597. The molecule has 0 aromatic rings. The Balaban J connectivity index is 2.84. The van der Waals surface area contributed by atoms with E-state index in [0.717, 1.165) is 0 Å². The zero-order valence-corrected chi connectivity index (χ0v) is 11.9. The molecule has 102 valence electrons. The van der Waals surface area contributed by atoms with Gasteiger partial charge in [-0.2, -0.15) is 0 Å². The third-order valence-electron chi connectivity index (χ3n) is 2.97. The quantitative estimate of drug-likeness (QED) is 0.707. The summed E-state index contributed by atoms with van der Waals surface area (Å²) in [5.41, 5.74) is -0.0727. The van der Waals surface area contributed by atoms with Gasteiger partial charge >= 0.3 is 0 Å². The van der Waals surface area contributed by atoms with E-state index in [0.29, 0.717) is 6.61 Å². The number of hydrogen-bond donors (Lipinski definition) is 0. The summed E-state index contributed by atoms with van der Waals surface area (Å²) in [7, 11) is 8.36. The first-order valence-corrected chi connectivity index (χ1v) is 6.43. The third-order valence-corrected chi connectivity index (χ3v) is 4.45. The second kappa shape index (κ2) is 7.56. The summed E-state index contributed by atoms with van der Waals surface area (Å²) in [5.74, 6) is 0. The minimum Gasteiger partial charge on any atom is -0.383 e. The molecular weight excluding hydrogens is 244 g/mol. The molecule has 1 saturated heterocycles. The van der Waals surface area contributed by atoms with Crippen molar-refractivity contribution in [3.05, 3.63) is 0 Å². The number of thioether (sulfide) groups is 1. The molecule has 1 fully saturated rings. The van der Waals surface area contributed by atoms with Crippen LogP contribution in [0.3, 0.4) is 0 Å². The zero-order chi connectivity index (χ0) is 12.8. The van der Waals surface area contributed by atoms with Crippen molar-refractivity contribution >= 4 is 11.8 Å². The topological polar surface area (TPSA) is 46.2 Å². The van der Waals surface area contributed by atoms with Gasteiger partial charge in [-0.25, -0.2) is 0 Å². The minimum atomic E-state index is -0.156. The summed E-state index contributed by atoms with van der Waals surface area (Å²) >= 11 is 1.66. The van der Waals surface area contributed by atoms with E-state index in [4.69, 9.17) is 23.7 Å². The number of rotatable bonds is 6. The molecule has 6 heteroatoms. The van der Waals surface area contributed by atoms with E-state index in [1.54, 1.807) is 47.3 Å². The Hall–Kier alpha value is 0.150. The van der Waals surface area contributed by atoms with E-state index >= 15 is 0 Å². The van der Waals surface area contributed by atoms with Crippen LogP contribution in [0.15, 0.2) is 0 Å². The average Bonchev–Trinajstić information content (AvgIpc) is 2.37. The molecule has 0 saturated carbocycles. The largest absolute Gasteiger partial charge is 0.383 e. The van der Waals surface area contributed by atoms with Gasteiger partial charge in [0.15, 0.2) is 0 Å². The van der Waals surface area contributed by atoms with Crippen molar-refractivity contribution in [3.8, 4) is 0 Å². The highest BCUT2D eigenvalue weighted by molar-refractivity contribution is 8.00. The summed E-state index contributed by atoms with van der Waals surface area (Å²) in [5, 5.41) is 0.172. The van der Waals surface area contributed by atoms with Gasteiger partial charge in [-0.3, -0.25) is 0 Å². The molecule has 0 spiro atoms. The molecule has 17 heavy (non-hydrogen) atoms. The number of ether oxygens (including phenoxy) is 5. The van der Waals surface area contributed by atoms with Crippen molar-refractivity contribution in [1.82, 2.24) is 0 Å². The maximum Gasteiger partial charge on any atom is 0.132 e. The predicted molar refractivity (Wildman–Crippen MR) is 66.4 cm³/mol. The summed E-state index contributed by atoms with van der Waals surface area (Å²) in [4.78, 5) is 0. The van der Waals surface area contributed by atoms with E-state index in [1.165, 1.54) is 0 Å². The Kier molecular flexibility index (Phi) is 6.76. The van der Waals surface area contributed by atoms with Crippen LogP contribution < -0.4 is 0 Å². The Morgan fingerprint density at radius 3 is 1.76 bits per heavy atom. The standard InChI is InChI=1S/C11H22O5S/c1-12-6-7-8(13-2)9(14-3)10(15-4)11(16-5)17-7/h7-11H,6H2,1-5H3. The second-order valence-electron chi connectivity index (χ2n) is 3.83. The van der Waals surface area contributed by atoms with Crippen LogP contribution >= 0.6 is 11.8 Å². The first kappa shape index (κ1) is 15.2. The van der Waals surface area contributed by atoms with Crippen molar-refractivity contribution in [3.63, 3.8) is 0 Å². The Morgan fingerprint density at radius 1 is 0.765 bits per heavy atom. The average molecular weight is 266 g/mol. The first-order chi connectivity index (χ1) is 8.23. The number of hydrogen-bond acceptors (Lipinski definition) is 6. The lowest BCUT2D eigenvalue weighted by atomic mass is 10.0. The van der Waals surface area contributed by atoms with Gasteiger partial charge in [0.2, 0.25) is 0 Å². The van der Waals surface area contributed by atoms with Gasteiger partial charge in [-0.1, -0.05) is 0 Å². The van der Waals surface area contributed by atoms with Crippen molar-refractivity contribution in [2.24, 2.45) is 0 Å². The number of methoxy groups -OCH3 is 5. The van der Waals surface area contributed by atoms with Gasteiger partial charge in [-0.15, -0.1) is 11.8 Å². The third kappa shape index (κ3) is 3.33. The van der Waals surface area contributed by atoms with Gasteiger partial charge in [0.25, 0.3) is 0 Å². The van der Waals surface area contributed by atoms with Crippen LogP contribution in [-0.2, 0) is 23.7 Å². The molecule has 1 heterocycles. The molecule has 0 N–H and O–H groups in total. The van der Waals surface area contributed by atoms with E-state index < -0.39 is 0 Å². The highest BCUT2D eigenvalue weighted by atomic mass is 32.2. The lowest BCUT2D eigenvalue weighted by Crippen LogP contribution is -2.56. The van der Waals surface area contributed by atoms with E-state index in [9.17, 15) is 0 Å². The predicted octanol–water partition coefficient (Wildman–Crippen LogP) is 0.766. The molecule has 1 aliphatic heterocycles. The summed E-state index contributed by atoms with van der Waals surface area (Å²) in [6, 6.07) is 0. The van der Waals surface area contributed by atoms with Crippen LogP contribution in [0.2, 0.25) is 0 Å². The molecular formula is C11H22O5S. The van der Waals surface area contributed by atoms with Crippen LogP contribution in [0.5, 0.6) is 0 Å². The molecule has 0 bridgehead atoms. The molecule has 1 aliphatic rings. The van der Waals surface area contributed by atoms with E-state index in [1.807, 2.05) is 0 Å². The highest BCUT2D eigenvalue weighted by Gasteiger charge is 2.46. The Bertz CT molecular complexity index is 216. The van der Waals surface area contributed by atoms with Gasteiger partial charge in [0.1, 0.15) is 23.7 Å². The van der Waals surface area contributed by atoms with Gasteiger partial charge < -0.3 is 23.7 Å². The second-order valence-corrected chi connectivity index (χ2v) is 5.18. The zero-order valence-electron chi connectivity index (χ0n) is 11.0. The van der Waals surface area contributed by atoms with Gasteiger partial charge in [0.05, 0.1) is 11.9 Å². The van der Waals surface area contributed by atoms with Crippen LogP contribution in [0.25, 0.3) is 0 Å². The van der Waals surface area contributed by atoms with Crippen molar-refractivity contribution in [2.45, 2.75) is 29.0 Å². The van der Waals surface area contributed by atoms with Crippen molar-refractivity contribution < 1.29 is 23.7 Å². The van der Waals surface area contributed by atoms with E-state index in [-0.39, 0.29) is 29.0 Å². The monoisotopic (exact) mass is 266 g/mol. The molecule has 5 nitrogen and oxygen atoms in total. The molecule has 0 aromatic heterocycles. The Labute approximate surface area is 107 Å². The minimum absolute atomic E-state index is 0.0682. The fourth-order valence-electron chi connectivity index (χ4n) is 2.17. The molecule has 5 unspecified atom stereocenters. The van der Waals surface area contributed by atoms with Gasteiger partial charge in [-0.05, 0) is 0 Å². The Morgan fingerprint density at radius 2 is 1.35 bits per heavy atom. The molecule has 0 amide bonds. The molecule has 1 rings (SSSR count). The van der Waals surface area contributed by atoms with Crippen molar-refractivity contribution in [2.75, 3.05) is 42.2 Å². The first-order valence-electron chi connectivity index (χ1n) is 5.49. The normalized spacial score (nSPS) is 38.3. The van der Waals surface area contributed by atoms with Crippen LogP contribution in [0, 0.1) is 0 Å². The molecule has 0 radical (unpaired) electrons. The molecule has 0 aromatic carbocycles. The van der Waals surface area contributed by atoms with Gasteiger partial charge in [0, 0.05) is 35.5 Å². The molecule has 5 atom stereocenters. The van der Waals surface area contributed by atoms with E-state index in [2.05, 4.69) is 0 Å². The SMILES string of the molecule is COCC1SC(OC)C(OC)C(OC)C1OC. The van der Waals surface area contributed by atoms with Crippen LogP contribution in [0.4, 0.5) is 0 Å². The van der Waals surface area contributed by atoms with Crippen LogP contribution in [-0.4, -0.2) is 71.2 Å². The lowest BCUT2D eigenvalue weighted by molar-refractivity contribution is -0.140. The maximum atomic E-state index is 5.52. The fraction of sp³-hybridized carbons (Fsp3) is 1.00. The lowest BCUT2D eigenvalue weighted by Gasteiger charge is -2.43. The maximum absolute atomic E-state index is 5.52. The summed E-state index contributed by atoms with van der Waals surface area (Å²) < 4.78 is 27.2.